The summed E-state index contributed by atoms with van der Waals surface area (Å²) in [5, 5.41) is -13.9. The normalized spacial score (nSPS) is 12.8. The third kappa shape index (κ3) is 12.4. The van der Waals surface area contributed by atoms with Gasteiger partial charge >= 0.3 is 16.4 Å². The van der Waals surface area contributed by atoms with Crippen molar-refractivity contribution in [3.8, 4) is 0 Å². The summed E-state index contributed by atoms with van der Waals surface area (Å²) in [5.74, 6) is -7.21. The topological polar surface area (TPSA) is 114 Å². The van der Waals surface area contributed by atoms with Crippen LogP contribution in [0.1, 0.15) is 52.7 Å². The maximum absolute atomic E-state index is 12.3. The van der Waals surface area contributed by atoms with Gasteiger partial charge < -0.3 is 9.11 Å². The Labute approximate surface area is 371 Å². The fourth-order valence-corrected chi connectivity index (χ4v) is 10.8. The van der Waals surface area contributed by atoms with E-state index in [2.05, 4.69) is 211 Å². The highest BCUT2D eigenvalue weighted by molar-refractivity contribution is 7.97. The Morgan fingerprint density at radius 1 is 0.349 bits per heavy atom. The lowest BCUT2D eigenvalue weighted by Crippen LogP contribution is -2.60. The van der Waals surface area contributed by atoms with E-state index in [1.54, 1.807) is 0 Å². The Morgan fingerprint density at radius 3 is 0.714 bits per heavy atom. The number of benzene rings is 6. The summed E-state index contributed by atoms with van der Waals surface area (Å²) in [6, 6.07) is 61.5. The molecule has 0 saturated carbocycles. The fourth-order valence-electron chi connectivity index (χ4n) is 5.71. The van der Waals surface area contributed by atoms with E-state index in [0.29, 0.717) is 0 Å². The number of hydrogen-bond acceptors (Lipinski definition) is 6. The number of alkyl halides is 6. The van der Waals surface area contributed by atoms with Crippen LogP contribution < -0.4 is 0 Å². The zero-order chi connectivity index (χ0) is 47.1. The largest absolute Gasteiger partial charge is 0.743 e. The molecule has 0 amide bonds. The van der Waals surface area contributed by atoms with E-state index in [1.165, 1.54) is 40.5 Å². The molecule has 16 heteroatoms. The number of hydrogen-bond donors (Lipinski definition) is 0. The first kappa shape index (κ1) is 51.1. The van der Waals surface area contributed by atoms with Gasteiger partial charge in [0.15, 0.2) is 49.6 Å². The molecule has 0 heterocycles. The van der Waals surface area contributed by atoms with Gasteiger partial charge in [-0.1, -0.05) is 139 Å². The van der Waals surface area contributed by atoms with Crippen molar-refractivity contribution in [1.82, 2.24) is 0 Å². The van der Waals surface area contributed by atoms with Gasteiger partial charge in [-0.15, -0.1) is 0 Å². The van der Waals surface area contributed by atoms with Crippen LogP contribution in [0.2, 0.25) is 0 Å². The van der Waals surface area contributed by atoms with Crippen molar-refractivity contribution >= 4 is 42.0 Å². The van der Waals surface area contributed by atoms with E-state index < -0.39 is 36.7 Å². The lowest BCUT2D eigenvalue weighted by molar-refractivity contribution is -0.247. The van der Waals surface area contributed by atoms with Crippen molar-refractivity contribution in [1.29, 1.82) is 0 Å². The van der Waals surface area contributed by atoms with Crippen molar-refractivity contribution in [3.63, 3.8) is 0 Å². The molecule has 0 N–H and O–H groups in total. The smallest absolute Gasteiger partial charge is 0.403 e. The van der Waals surface area contributed by atoms with Gasteiger partial charge in [0.05, 0.1) is 21.8 Å². The van der Waals surface area contributed by atoms with Gasteiger partial charge in [-0.25, -0.2) is 16.8 Å². The fraction of sp³-hybridized carbons (Fsp3) is 0.234. The highest BCUT2D eigenvalue weighted by Crippen LogP contribution is 2.50. The highest BCUT2D eigenvalue weighted by atomic mass is 32.2. The molecule has 336 valence electrons. The molecule has 0 aliphatic carbocycles. The zero-order valence-corrected chi connectivity index (χ0v) is 38.3. The Kier molecular flexibility index (Phi) is 16.3. The first-order valence-electron chi connectivity index (χ1n) is 19.1. The SMILES string of the molecule is CC(C)(C)c1ccc([S+](c2ccccc2)c2ccccc2)cc1.CC(C)(C)c1ccc([S+](c2ccccc2)c2ccccc2)cc1.O=S(=O)([O-])C(F)(F)C(F)(F)C(F)(F)S(=O)(=O)[O-]. The van der Waals surface area contributed by atoms with Gasteiger partial charge in [-0.05, 0) is 94.8 Å². The van der Waals surface area contributed by atoms with Crippen LogP contribution in [0.25, 0.3) is 0 Å². The van der Waals surface area contributed by atoms with Crippen LogP contribution in [0, 0.1) is 0 Å². The van der Waals surface area contributed by atoms with Crippen molar-refractivity contribution in [2.75, 3.05) is 0 Å². The molecule has 6 aromatic rings. The minimum Gasteiger partial charge on any atom is -0.743 e. The first-order valence-corrected chi connectivity index (χ1v) is 24.3. The summed E-state index contributed by atoms with van der Waals surface area (Å²) < 4.78 is 131. The molecule has 0 bridgehead atoms. The summed E-state index contributed by atoms with van der Waals surface area (Å²) in [6.45, 7) is 13.6. The van der Waals surface area contributed by atoms with Crippen LogP contribution in [-0.4, -0.2) is 42.4 Å². The second-order valence-corrected chi connectivity index (χ2v) is 22.8. The molecule has 0 atom stereocenters. The predicted octanol–water partition coefficient (Wildman–Crippen LogP) is 12.1. The molecular weight excluding hydrogens is 903 g/mol. The van der Waals surface area contributed by atoms with E-state index in [4.69, 9.17) is 0 Å². The van der Waals surface area contributed by atoms with Gasteiger partial charge in [0.25, 0.3) is 0 Å². The summed E-state index contributed by atoms with van der Waals surface area (Å²) in [5.41, 5.74) is 3.14. The molecule has 6 rings (SSSR count). The van der Waals surface area contributed by atoms with E-state index in [-0.39, 0.29) is 32.6 Å². The molecule has 0 aromatic heterocycles. The minimum atomic E-state index is -7.32. The molecule has 6 nitrogen and oxygen atoms in total. The molecule has 0 saturated heterocycles. The van der Waals surface area contributed by atoms with Crippen molar-refractivity contribution in [3.05, 3.63) is 181 Å². The second kappa shape index (κ2) is 20.1. The Balaban J connectivity index is 0.000000211. The number of rotatable bonds is 10. The average Bonchev–Trinajstić information content (AvgIpc) is 3.22. The third-order valence-corrected chi connectivity index (χ3v) is 15.4. The van der Waals surface area contributed by atoms with Crippen LogP contribution in [0.5, 0.6) is 0 Å². The van der Waals surface area contributed by atoms with Gasteiger partial charge in [0.2, 0.25) is 0 Å². The average molecular weight is 949 g/mol. The molecule has 6 aromatic carbocycles. The molecular formula is C47H46F6O6S4. The second-order valence-electron chi connectivity index (χ2n) is 15.9. The Bertz CT molecular complexity index is 2330. The molecule has 0 radical (unpaired) electrons. The summed E-state index contributed by atoms with van der Waals surface area (Å²) in [6.07, 6.45) is 0. The Morgan fingerprint density at radius 2 is 0.540 bits per heavy atom. The van der Waals surface area contributed by atoms with E-state index >= 15 is 0 Å². The summed E-state index contributed by atoms with van der Waals surface area (Å²) >= 11 is 0. The minimum absolute atomic E-state index is 0.0497. The van der Waals surface area contributed by atoms with Crippen molar-refractivity contribution in [2.45, 2.75) is 98.2 Å². The number of halogens is 6. The quantitative estimate of drug-likeness (QED) is 0.0767. The lowest BCUT2D eigenvalue weighted by atomic mass is 9.87. The van der Waals surface area contributed by atoms with Crippen LogP contribution in [0.3, 0.4) is 0 Å². The maximum Gasteiger partial charge on any atom is 0.403 e. The zero-order valence-electron chi connectivity index (χ0n) is 35.0. The van der Waals surface area contributed by atoms with E-state index in [0.717, 1.165) is 0 Å². The summed E-state index contributed by atoms with van der Waals surface area (Å²) in [7, 11) is -14.7. The third-order valence-electron chi connectivity index (χ3n) is 9.19. The van der Waals surface area contributed by atoms with Crippen LogP contribution >= 0.6 is 0 Å². The van der Waals surface area contributed by atoms with Gasteiger partial charge in [-0.3, -0.25) is 0 Å². The standard InChI is InChI=1S/2C22H23S.C3H2F6O6S2/c2*1-22(2,3)18-14-16-21(17-15-18)23(19-10-6-4-7-11-19)20-12-8-5-9-13-20;4-1(5,2(6,7)16(10,11)12)3(8,9)17(13,14)15/h2*4-17H,1-3H3;(H,10,11,12)(H,13,14,15)/q2*+1;/p-2. The predicted molar refractivity (Wildman–Crippen MR) is 235 cm³/mol. The molecule has 0 unspecified atom stereocenters. The van der Waals surface area contributed by atoms with E-state index in [1.807, 2.05) is 0 Å². The molecule has 63 heavy (non-hydrogen) atoms. The van der Waals surface area contributed by atoms with E-state index in [9.17, 15) is 52.3 Å². The van der Waals surface area contributed by atoms with Crippen LogP contribution in [0.15, 0.2) is 199 Å². The van der Waals surface area contributed by atoms with Gasteiger partial charge in [-0.2, -0.15) is 26.3 Å². The molecule has 0 aliphatic rings. The van der Waals surface area contributed by atoms with Crippen molar-refractivity contribution < 1.29 is 52.3 Å². The van der Waals surface area contributed by atoms with Crippen molar-refractivity contribution in [2.24, 2.45) is 0 Å². The molecule has 0 spiro atoms. The highest BCUT2D eigenvalue weighted by Gasteiger charge is 2.78. The first-order chi connectivity index (χ1) is 29.1. The summed E-state index contributed by atoms with van der Waals surface area (Å²) in [4.78, 5) is 8.19. The lowest BCUT2D eigenvalue weighted by Gasteiger charge is -2.34. The van der Waals surface area contributed by atoms with Gasteiger partial charge in [0, 0.05) is 0 Å². The Hall–Kier alpha value is -4.58. The van der Waals surface area contributed by atoms with Crippen LogP contribution in [-0.2, 0) is 52.9 Å². The van der Waals surface area contributed by atoms with Crippen LogP contribution in [0.4, 0.5) is 26.3 Å². The maximum atomic E-state index is 12.3. The monoisotopic (exact) mass is 948 g/mol. The molecule has 0 aliphatic heterocycles. The van der Waals surface area contributed by atoms with Gasteiger partial charge in [0.1, 0.15) is 0 Å². The molecule has 0 fully saturated rings.